The van der Waals surface area contributed by atoms with E-state index in [4.69, 9.17) is 5.73 Å². The first-order valence-electron chi connectivity index (χ1n) is 7.11. The Morgan fingerprint density at radius 2 is 2.20 bits per heavy atom. The molecule has 2 N–H and O–H groups in total. The fraction of sp³-hybridized carbons (Fsp3) is 0.600. The standard InChI is InChI=1S/C15H23N3OS/c1-4-12-9-11(10-13(16)17-12)14(19)18-6-5-15(2,3)20-8-7-18/h9-10H,4-8H2,1-3H3,(H2,16,17). The molecule has 1 fully saturated rings. The minimum Gasteiger partial charge on any atom is -0.384 e. The van der Waals surface area contributed by atoms with E-state index in [1.165, 1.54) is 0 Å². The second kappa shape index (κ2) is 6.04. The molecule has 1 aromatic heterocycles. The lowest BCUT2D eigenvalue weighted by Crippen LogP contribution is -2.33. The molecule has 1 aliphatic rings. The lowest BCUT2D eigenvalue weighted by molar-refractivity contribution is 0.0764. The number of carbonyl (C=O) groups is 1. The molecule has 0 radical (unpaired) electrons. The quantitative estimate of drug-likeness (QED) is 0.910. The van der Waals surface area contributed by atoms with Crippen molar-refractivity contribution in [3.63, 3.8) is 0 Å². The van der Waals surface area contributed by atoms with Gasteiger partial charge in [-0.25, -0.2) is 4.98 Å². The fourth-order valence-corrected chi connectivity index (χ4v) is 3.42. The maximum atomic E-state index is 12.6. The lowest BCUT2D eigenvalue weighted by atomic mass is 10.1. The van der Waals surface area contributed by atoms with Gasteiger partial charge in [0.2, 0.25) is 0 Å². The van der Waals surface area contributed by atoms with Gasteiger partial charge in [0.25, 0.3) is 5.91 Å². The molecule has 0 aromatic carbocycles. The highest BCUT2D eigenvalue weighted by Gasteiger charge is 2.26. The molecule has 0 spiro atoms. The summed E-state index contributed by atoms with van der Waals surface area (Å²) in [5.41, 5.74) is 7.33. The smallest absolute Gasteiger partial charge is 0.254 e. The molecule has 1 amide bonds. The zero-order valence-electron chi connectivity index (χ0n) is 12.5. The summed E-state index contributed by atoms with van der Waals surface area (Å²) >= 11 is 1.94. The number of amides is 1. The van der Waals surface area contributed by atoms with Gasteiger partial charge in [0.1, 0.15) is 5.82 Å². The van der Waals surface area contributed by atoms with E-state index in [-0.39, 0.29) is 10.7 Å². The maximum Gasteiger partial charge on any atom is 0.254 e. The molecule has 1 saturated heterocycles. The summed E-state index contributed by atoms with van der Waals surface area (Å²) < 4.78 is 0.251. The van der Waals surface area contributed by atoms with Gasteiger partial charge in [-0.3, -0.25) is 4.79 Å². The average Bonchev–Trinajstić information content (AvgIpc) is 2.58. The molecular weight excluding hydrogens is 270 g/mol. The Hall–Kier alpha value is -1.23. The summed E-state index contributed by atoms with van der Waals surface area (Å²) in [6.07, 6.45) is 1.80. The van der Waals surface area contributed by atoms with Gasteiger partial charge in [-0.2, -0.15) is 11.8 Å². The predicted molar refractivity (Wildman–Crippen MR) is 85.1 cm³/mol. The van der Waals surface area contributed by atoms with E-state index >= 15 is 0 Å². The van der Waals surface area contributed by atoms with E-state index in [0.717, 1.165) is 37.4 Å². The summed E-state index contributed by atoms with van der Waals surface area (Å²) in [7, 11) is 0. The van der Waals surface area contributed by atoms with E-state index in [1.807, 2.05) is 29.7 Å². The third-order valence-electron chi connectivity index (χ3n) is 3.63. The molecular formula is C15H23N3OS. The van der Waals surface area contributed by atoms with E-state index in [9.17, 15) is 4.79 Å². The Balaban J connectivity index is 2.16. The molecule has 4 nitrogen and oxygen atoms in total. The number of hydrogen-bond acceptors (Lipinski definition) is 4. The van der Waals surface area contributed by atoms with Crippen molar-refractivity contribution in [2.24, 2.45) is 0 Å². The summed E-state index contributed by atoms with van der Waals surface area (Å²) in [4.78, 5) is 18.8. The zero-order chi connectivity index (χ0) is 14.8. The highest BCUT2D eigenvalue weighted by molar-refractivity contribution is 8.00. The van der Waals surface area contributed by atoms with Crippen LogP contribution in [-0.2, 0) is 6.42 Å². The molecule has 110 valence electrons. The van der Waals surface area contributed by atoms with Crippen LogP contribution < -0.4 is 5.73 Å². The van der Waals surface area contributed by atoms with Crippen LogP contribution in [0.5, 0.6) is 0 Å². The largest absolute Gasteiger partial charge is 0.384 e. The van der Waals surface area contributed by atoms with Gasteiger partial charge in [-0.05, 0) is 25.0 Å². The number of aryl methyl sites for hydroxylation is 1. The maximum absolute atomic E-state index is 12.6. The van der Waals surface area contributed by atoms with Gasteiger partial charge in [-0.15, -0.1) is 0 Å². The van der Waals surface area contributed by atoms with Crippen molar-refractivity contribution in [2.45, 2.75) is 38.4 Å². The first kappa shape index (κ1) is 15.2. The summed E-state index contributed by atoms with van der Waals surface area (Å²) in [6, 6.07) is 3.55. The van der Waals surface area contributed by atoms with E-state index < -0.39 is 0 Å². The molecule has 20 heavy (non-hydrogen) atoms. The molecule has 0 bridgehead atoms. The summed E-state index contributed by atoms with van der Waals surface area (Å²) in [5, 5.41) is 0. The Bertz CT molecular complexity index is 502. The van der Waals surface area contributed by atoms with Crippen molar-refractivity contribution in [1.82, 2.24) is 9.88 Å². The fourth-order valence-electron chi connectivity index (χ4n) is 2.32. The first-order valence-corrected chi connectivity index (χ1v) is 8.09. The SMILES string of the molecule is CCc1cc(C(=O)N2CCSC(C)(C)CC2)cc(N)n1. The number of nitrogen functional groups attached to an aromatic ring is 1. The number of anilines is 1. The van der Waals surface area contributed by atoms with Gasteiger partial charge < -0.3 is 10.6 Å². The molecule has 0 saturated carbocycles. The summed E-state index contributed by atoms with van der Waals surface area (Å²) in [5.74, 6) is 1.49. The van der Waals surface area contributed by atoms with Crippen molar-refractivity contribution in [2.75, 3.05) is 24.6 Å². The Morgan fingerprint density at radius 3 is 2.90 bits per heavy atom. The highest BCUT2D eigenvalue weighted by Crippen LogP contribution is 2.31. The molecule has 0 atom stereocenters. The number of pyridine rings is 1. The third-order valence-corrected chi connectivity index (χ3v) is 5.00. The van der Waals surface area contributed by atoms with Crippen molar-refractivity contribution in [3.8, 4) is 0 Å². The third kappa shape index (κ3) is 3.66. The van der Waals surface area contributed by atoms with Gasteiger partial charge in [0.05, 0.1) is 0 Å². The van der Waals surface area contributed by atoms with Crippen LogP contribution in [-0.4, -0.2) is 39.4 Å². The lowest BCUT2D eigenvalue weighted by Gasteiger charge is -2.23. The molecule has 0 aliphatic carbocycles. The zero-order valence-corrected chi connectivity index (χ0v) is 13.3. The van der Waals surface area contributed by atoms with Crippen molar-refractivity contribution >= 4 is 23.5 Å². The molecule has 0 unspecified atom stereocenters. The number of hydrogen-bond donors (Lipinski definition) is 1. The number of carbonyl (C=O) groups excluding carboxylic acids is 1. The Labute approximate surface area is 125 Å². The monoisotopic (exact) mass is 293 g/mol. The van der Waals surface area contributed by atoms with Gasteiger partial charge in [-0.1, -0.05) is 20.8 Å². The number of nitrogens with two attached hydrogens (primary N) is 1. The van der Waals surface area contributed by atoms with Crippen LogP contribution in [0.4, 0.5) is 5.82 Å². The molecule has 2 rings (SSSR count). The highest BCUT2D eigenvalue weighted by atomic mass is 32.2. The van der Waals surface area contributed by atoms with Crippen LogP contribution in [0.2, 0.25) is 0 Å². The Morgan fingerprint density at radius 1 is 1.45 bits per heavy atom. The number of nitrogens with zero attached hydrogens (tertiary/aromatic N) is 2. The second-order valence-corrected chi connectivity index (χ2v) is 7.58. The molecule has 2 heterocycles. The van der Waals surface area contributed by atoms with Crippen molar-refractivity contribution in [3.05, 3.63) is 23.4 Å². The van der Waals surface area contributed by atoms with E-state index in [1.54, 1.807) is 6.07 Å². The number of aromatic nitrogens is 1. The van der Waals surface area contributed by atoms with Gasteiger partial charge in [0, 0.05) is 34.8 Å². The number of rotatable bonds is 2. The van der Waals surface area contributed by atoms with Crippen LogP contribution >= 0.6 is 11.8 Å². The van der Waals surface area contributed by atoms with Gasteiger partial charge >= 0.3 is 0 Å². The molecule has 1 aliphatic heterocycles. The van der Waals surface area contributed by atoms with Crippen LogP contribution in [0.25, 0.3) is 0 Å². The van der Waals surface area contributed by atoms with Gasteiger partial charge in [0.15, 0.2) is 0 Å². The normalized spacial score (nSPS) is 18.6. The summed E-state index contributed by atoms with van der Waals surface area (Å²) in [6.45, 7) is 8.11. The van der Waals surface area contributed by atoms with E-state index in [0.29, 0.717) is 11.4 Å². The predicted octanol–water partition coefficient (Wildman–Crippen LogP) is 2.58. The molecule has 1 aromatic rings. The molecule has 5 heteroatoms. The van der Waals surface area contributed by atoms with E-state index in [2.05, 4.69) is 18.8 Å². The van der Waals surface area contributed by atoms with Crippen molar-refractivity contribution < 1.29 is 4.79 Å². The van der Waals surface area contributed by atoms with Crippen LogP contribution in [0.1, 0.15) is 43.2 Å². The average molecular weight is 293 g/mol. The second-order valence-electron chi connectivity index (χ2n) is 5.78. The van der Waals surface area contributed by atoms with Crippen LogP contribution in [0.15, 0.2) is 12.1 Å². The van der Waals surface area contributed by atoms with Crippen LogP contribution in [0.3, 0.4) is 0 Å². The first-order chi connectivity index (χ1) is 9.41. The number of thioether (sulfide) groups is 1. The minimum absolute atomic E-state index is 0.0760. The Kier molecular flexibility index (Phi) is 4.58. The topological polar surface area (TPSA) is 59.2 Å². The van der Waals surface area contributed by atoms with Crippen LogP contribution in [0, 0.1) is 0 Å². The van der Waals surface area contributed by atoms with Crippen molar-refractivity contribution in [1.29, 1.82) is 0 Å². The minimum atomic E-state index is 0.0760.